The van der Waals surface area contributed by atoms with Gasteiger partial charge in [-0.2, -0.15) is 0 Å². The summed E-state index contributed by atoms with van der Waals surface area (Å²) in [5.41, 5.74) is 3.39. The highest BCUT2D eigenvalue weighted by molar-refractivity contribution is 5.46. The summed E-state index contributed by atoms with van der Waals surface area (Å²) >= 11 is 0. The maximum atomic E-state index is 5.80. The third-order valence-corrected chi connectivity index (χ3v) is 3.51. The summed E-state index contributed by atoms with van der Waals surface area (Å²) in [6, 6.07) is 0.474. The smallest absolute Gasteiger partial charge is 0.221 e. The van der Waals surface area contributed by atoms with Gasteiger partial charge in [0, 0.05) is 6.04 Å². The van der Waals surface area contributed by atoms with E-state index in [2.05, 4.69) is 27.3 Å². The van der Waals surface area contributed by atoms with Gasteiger partial charge in [0.2, 0.25) is 5.88 Å². The summed E-state index contributed by atoms with van der Waals surface area (Å²) < 4.78 is 5.80. The predicted octanol–water partition coefficient (Wildman–Crippen LogP) is 0.934. The van der Waals surface area contributed by atoms with Gasteiger partial charge in [0.25, 0.3) is 0 Å². The Labute approximate surface area is 108 Å². The molecule has 1 aromatic rings. The van der Waals surface area contributed by atoms with Gasteiger partial charge in [-0.25, -0.2) is 15.8 Å². The highest BCUT2D eigenvalue weighted by Gasteiger charge is 2.20. The number of hydrogen-bond acceptors (Lipinski definition) is 6. The molecule has 6 heteroatoms. The molecule has 0 radical (unpaired) electrons. The number of likely N-dealkylation sites (tertiary alicyclic amines) is 1. The van der Waals surface area contributed by atoms with Crippen LogP contribution in [0.2, 0.25) is 0 Å². The number of aromatic nitrogens is 2. The monoisotopic (exact) mass is 251 g/mol. The van der Waals surface area contributed by atoms with E-state index in [1.54, 1.807) is 0 Å². The standard InChI is InChI=1S/C12H21N5O/c1-9-11(16-13)14-8-15-12(9)18-7-10-5-3-4-6-17(10)2/h8,10H,3-7,13H2,1-2H3,(H,14,15,16). The van der Waals surface area contributed by atoms with E-state index in [-0.39, 0.29) is 0 Å². The van der Waals surface area contributed by atoms with Gasteiger partial charge >= 0.3 is 0 Å². The van der Waals surface area contributed by atoms with Crippen molar-refractivity contribution in [2.45, 2.75) is 32.2 Å². The van der Waals surface area contributed by atoms with Crippen LogP contribution in [0.3, 0.4) is 0 Å². The Balaban J connectivity index is 1.97. The molecule has 6 nitrogen and oxygen atoms in total. The van der Waals surface area contributed by atoms with E-state index >= 15 is 0 Å². The van der Waals surface area contributed by atoms with Gasteiger partial charge in [-0.1, -0.05) is 6.42 Å². The van der Waals surface area contributed by atoms with Crippen LogP contribution in [0.25, 0.3) is 0 Å². The van der Waals surface area contributed by atoms with Crippen LogP contribution in [0.5, 0.6) is 5.88 Å². The van der Waals surface area contributed by atoms with Gasteiger partial charge in [-0.3, -0.25) is 0 Å². The van der Waals surface area contributed by atoms with Crippen LogP contribution in [0, 0.1) is 6.92 Å². The van der Waals surface area contributed by atoms with Gasteiger partial charge in [0.05, 0.1) is 5.56 Å². The fraction of sp³-hybridized carbons (Fsp3) is 0.667. The van der Waals surface area contributed by atoms with Crippen molar-refractivity contribution in [3.63, 3.8) is 0 Å². The molecule has 3 N–H and O–H groups in total. The summed E-state index contributed by atoms with van der Waals surface area (Å²) in [4.78, 5) is 10.5. The molecule has 1 unspecified atom stereocenters. The number of rotatable bonds is 4. The van der Waals surface area contributed by atoms with Gasteiger partial charge in [0.15, 0.2) is 0 Å². The lowest BCUT2D eigenvalue weighted by Gasteiger charge is -2.32. The summed E-state index contributed by atoms with van der Waals surface area (Å²) in [7, 11) is 2.15. The predicted molar refractivity (Wildman–Crippen MR) is 70.3 cm³/mol. The van der Waals surface area contributed by atoms with Crippen molar-refractivity contribution >= 4 is 5.82 Å². The molecule has 2 rings (SSSR count). The van der Waals surface area contributed by atoms with Crippen molar-refractivity contribution in [3.8, 4) is 5.88 Å². The number of nitrogens with one attached hydrogen (secondary N) is 1. The Morgan fingerprint density at radius 3 is 3.06 bits per heavy atom. The highest BCUT2D eigenvalue weighted by atomic mass is 16.5. The van der Waals surface area contributed by atoms with Crippen molar-refractivity contribution < 1.29 is 4.74 Å². The van der Waals surface area contributed by atoms with Crippen molar-refractivity contribution in [3.05, 3.63) is 11.9 Å². The first-order chi connectivity index (χ1) is 8.72. The summed E-state index contributed by atoms with van der Waals surface area (Å²) in [6.07, 6.45) is 5.20. The van der Waals surface area contributed by atoms with Gasteiger partial charge in [-0.15, -0.1) is 0 Å². The van der Waals surface area contributed by atoms with Crippen molar-refractivity contribution in [1.29, 1.82) is 0 Å². The number of nitrogens with zero attached hydrogens (tertiary/aromatic N) is 3. The number of likely N-dealkylation sites (N-methyl/N-ethyl adjacent to an activating group) is 1. The number of piperidine rings is 1. The van der Waals surface area contributed by atoms with Crippen LogP contribution in [-0.2, 0) is 0 Å². The van der Waals surface area contributed by atoms with E-state index < -0.39 is 0 Å². The first kappa shape index (κ1) is 13.0. The van der Waals surface area contributed by atoms with E-state index in [0.717, 1.165) is 12.1 Å². The van der Waals surface area contributed by atoms with Crippen LogP contribution in [0.15, 0.2) is 6.33 Å². The van der Waals surface area contributed by atoms with Crippen LogP contribution >= 0.6 is 0 Å². The van der Waals surface area contributed by atoms with Gasteiger partial charge in [0.1, 0.15) is 18.8 Å². The molecule has 2 heterocycles. The molecule has 0 aromatic carbocycles. The first-order valence-electron chi connectivity index (χ1n) is 6.33. The molecule has 1 aliphatic rings. The number of hydrazine groups is 1. The molecular weight excluding hydrogens is 230 g/mol. The van der Waals surface area contributed by atoms with Crippen molar-refractivity contribution in [1.82, 2.24) is 14.9 Å². The fourth-order valence-corrected chi connectivity index (χ4v) is 2.25. The van der Waals surface area contributed by atoms with Crippen molar-refractivity contribution in [2.24, 2.45) is 5.84 Å². The molecule has 0 spiro atoms. The minimum Gasteiger partial charge on any atom is -0.476 e. The molecule has 0 amide bonds. The number of anilines is 1. The second-order valence-corrected chi connectivity index (χ2v) is 4.74. The molecule has 100 valence electrons. The molecule has 0 aliphatic carbocycles. The minimum absolute atomic E-state index is 0.474. The largest absolute Gasteiger partial charge is 0.476 e. The quantitative estimate of drug-likeness (QED) is 0.612. The van der Waals surface area contributed by atoms with Crippen LogP contribution in [0.1, 0.15) is 24.8 Å². The lowest BCUT2D eigenvalue weighted by atomic mass is 10.0. The zero-order valence-electron chi connectivity index (χ0n) is 11.0. The molecular formula is C12H21N5O. The second-order valence-electron chi connectivity index (χ2n) is 4.74. The first-order valence-corrected chi connectivity index (χ1v) is 6.33. The van der Waals surface area contributed by atoms with Crippen LogP contribution in [-0.4, -0.2) is 41.1 Å². The zero-order valence-corrected chi connectivity index (χ0v) is 11.0. The third-order valence-electron chi connectivity index (χ3n) is 3.51. The molecule has 1 saturated heterocycles. The summed E-state index contributed by atoms with van der Waals surface area (Å²) in [5, 5.41) is 0. The van der Waals surface area contributed by atoms with E-state index in [1.165, 1.54) is 25.6 Å². The minimum atomic E-state index is 0.474. The van der Waals surface area contributed by atoms with Crippen LogP contribution < -0.4 is 16.0 Å². The average Bonchev–Trinajstić information content (AvgIpc) is 2.39. The third kappa shape index (κ3) is 2.88. The maximum absolute atomic E-state index is 5.80. The maximum Gasteiger partial charge on any atom is 0.221 e. The average molecular weight is 251 g/mol. The molecule has 0 saturated carbocycles. The Hall–Kier alpha value is -1.40. The molecule has 1 aliphatic heterocycles. The summed E-state index contributed by atoms with van der Waals surface area (Å²) in [5.74, 6) is 6.59. The number of ether oxygens (including phenoxy) is 1. The lowest BCUT2D eigenvalue weighted by Crippen LogP contribution is -2.40. The van der Waals surface area contributed by atoms with E-state index in [1.807, 2.05) is 6.92 Å². The van der Waals surface area contributed by atoms with Gasteiger partial charge < -0.3 is 15.1 Å². The Bertz CT molecular complexity index is 398. The molecule has 1 fully saturated rings. The zero-order chi connectivity index (χ0) is 13.0. The highest BCUT2D eigenvalue weighted by Crippen LogP contribution is 2.21. The normalized spacial score (nSPS) is 20.7. The Morgan fingerprint density at radius 2 is 2.33 bits per heavy atom. The molecule has 0 bridgehead atoms. The Morgan fingerprint density at radius 1 is 1.50 bits per heavy atom. The van der Waals surface area contributed by atoms with E-state index in [0.29, 0.717) is 24.3 Å². The number of nitrogens with two attached hydrogens (primary N) is 1. The number of hydrogen-bond donors (Lipinski definition) is 2. The lowest BCUT2D eigenvalue weighted by molar-refractivity contribution is 0.122. The molecule has 18 heavy (non-hydrogen) atoms. The summed E-state index contributed by atoms with van der Waals surface area (Å²) in [6.45, 7) is 3.71. The molecule has 1 aromatic heterocycles. The van der Waals surface area contributed by atoms with E-state index in [9.17, 15) is 0 Å². The topological polar surface area (TPSA) is 76.3 Å². The van der Waals surface area contributed by atoms with E-state index in [4.69, 9.17) is 10.6 Å². The SMILES string of the molecule is Cc1c(NN)ncnc1OCC1CCCCN1C. The number of nitrogen functional groups attached to an aromatic ring is 1. The van der Waals surface area contributed by atoms with Crippen molar-refractivity contribution in [2.75, 3.05) is 25.6 Å². The molecule has 1 atom stereocenters. The Kier molecular flexibility index (Phi) is 4.33. The fourth-order valence-electron chi connectivity index (χ4n) is 2.25. The second kappa shape index (κ2) is 5.97. The van der Waals surface area contributed by atoms with Crippen LogP contribution in [0.4, 0.5) is 5.82 Å². The van der Waals surface area contributed by atoms with Gasteiger partial charge in [-0.05, 0) is 33.4 Å².